The molecule has 100 valence electrons. The Kier molecular flexibility index (Phi) is 4.01. The maximum Gasteiger partial charge on any atom is 0.411 e. The molecule has 2 rings (SSSR count). The molecule has 1 aliphatic carbocycles. The lowest BCUT2D eigenvalue weighted by molar-refractivity contribution is -0.173. The first-order valence-electron chi connectivity index (χ1n) is 5.62. The number of alkyl halides is 3. The van der Waals surface area contributed by atoms with Crippen LogP contribution in [0.4, 0.5) is 13.2 Å². The number of ketones is 1. The number of ether oxygens (including phenoxy) is 1. The Bertz CT molecular complexity index is 442. The summed E-state index contributed by atoms with van der Waals surface area (Å²) in [5.41, 5.74) is 0.794. The average molecular weight is 279 g/mol. The molecule has 0 bridgehead atoms. The summed E-state index contributed by atoms with van der Waals surface area (Å²) in [6, 6.07) is 0. The second-order valence-corrected chi connectivity index (χ2v) is 5.16. The van der Waals surface area contributed by atoms with Gasteiger partial charge in [-0.1, -0.05) is 0 Å². The quantitative estimate of drug-likeness (QED) is 0.796. The van der Waals surface area contributed by atoms with Crippen LogP contribution in [0, 0.1) is 0 Å². The number of hydrogen-bond donors (Lipinski definition) is 0. The summed E-state index contributed by atoms with van der Waals surface area (Å²) < 4.78 is 40.0. The Morgan fingerprint density at radius 3 is 2.78 bits per heavy atom. The summed E-state index contributed by atoms with van der Waals surface area (Å²) in [5.74, 6) is 0.0937. The normalized spacial score (nSPS) is 15.8. The van der Waals surface area contributed by atoms with Crippen molar-refractivity contribution in [2.45, 2.75) is 31.9 Å². The van der Waals surface area contributed by atoms with Gasteiger partial charge in [-0.05, 0) is 12.8 Å². The first-order valence-corrected chi connectivity index (χ1v) is 6.43. The summed E-state index contributed by atoms with van der Waals surface area (Å²) >= 11 is 1.28. The zero-order valence-corrected chi connectivity index (χ0v) is 10.4. The molecule has 1 heterocycles. The molecule has 18 heavy (non-hydrogen) atoms. The van der Waals surface area contributed by atoms with E-state index in [0.29, 0.717) is 22.7 Å². The summed E-state index contributed by atoms with van der Waals surface area (Å²) in [6.07, 6.45) is -1.85. The van der Waals surface area contributed by atoms with Crippen molar-refractivity contribution in [3.63, 3.8) is 0 Å². The minimum absolute atomic E-state index is 0.0277. The number of thiazole rings is 1. The molecule has 0 unspecified atom stereocenters. The summed E-state index contributed by atoms with van der Waals surface area (Å²) in [6.45, 7) is -1.27. The molecule has 0 spiro atoms. The first kappa shape index (κ1) is 13.5. The maximum absolute atomic E-state index is 11.8. The van der Waals surface area contributed by atoms with E-state index in [0.717, 1.165) is 18.5 Å². The minimum Gasteiger partial charge on any atom is -0.372 e. The fraction of sp³-hybridized carbons (Fsp3) is 0.636. The van der Waals surface area contributed by atoms with Crippen LogP contribution in [0.2, 0.25) is 0 Å². The van der Waals surface area contributed by atoms with Gasteiger partial charge in [-0.2, -0.15) is 13.2 Å². The molecule has 7 heteroatoms. The van der Waals surface area contributed by atoms with E-state index in [4.69, 9.17) is 0 Å². The third-order valence-corrected chi connectivity index (χ3v) is 3.74. The van der Waals surface area contributed by atoms with Gasteiger partial charge in [0.1, 0.15) is 6.61 Å². The zero-order chi connectivity index (χ0) is 13.2. The Balaban J connectivity index is 1.86. The van der Waals surface area contributed by atoms with Crippen molar-refractivity contribution in [3.8, 4) is 0 Å². The van der Waals surface area contributed by atoms with Gasteiger partial charge in [0, 0.05) is 12.8 Å². The van der Waals surface area contributed by atoms with Crippen LogP contribution < -0.4 is 0 Å². The highest BCUT2D eigenvalue weighted by atomic mass is 32.1. The van der Waals surface area contributed by atoms with Crippen molar-refractivity contribution in [2.24, 2.45) is 0 Å². The van der Waals surface area contributed by atoms with E-state index in [1.54, 1.807) is 0 Å². The Hall–Kier alpha value is -0.950. The topological polar surface area (TPSA) is 39.2 Å². The molecule has 0 aliphatic heterocycles. The molecule has 0 saturated heterocycles. The number of fused-ring (bicyclic) bond motifs is 1. The zero-order valence-electron chi connectivity index (χ0n) is 9.55. The molecule has 0 aromatic carbocycles. The van der Waals surface area contributed by atoms with E-state index < -0.39 is 12.8 Å². The van der Waals surface area contributed by atoms with Gasteiger partial charge >= 0.3 is 6.18 Å². The third kappa shape index (κ3) is 3.52. The molecule has 1 aromatic heterocycles. The summed E-state index contributed by atoms with van der Waals surface area (Å²) in [4.78, 5) is 16.5. The second kappa shape index (κ2) is 5.36. The lowest BCUT2D eigenvalue weighted by Gasteiger charge is -2.06. The molecular weight excluding hydrogens is 267 g/mol. The Morgan fingerprint density at radius 2 is 2.11 bits per heavy atom. The number of hydrogen-bond acceptors (Lipinski definition) is 4. The maximum atomic E-state index is 11.8. The summed E-state index contributed by atoms with van der Waals surface area (Å²) in [5, 5.41) is 0.678. The molecule has 0 amide bonds. The Labute approximate surface area is 106 Å². The molecule has 0 radical (unpaired) electrons. The van der Waals surface area contributed by atoms with Crippen LogP contribution in [0.15, 0.2) is 0 Å². The lowest BCUT2D eigenvalue weighted by atomic mass is 10.0. The predicted octanol–water partition coefficient (Wildman–Crippen LogP) is 2.78. The van der Waals surface area contributed by atoms with Crippen LogP contribution in [0.3, 0.4) is 0 Å². The molecule has 0 N–H and O–H groups in total. The van der Waals surface area contributed by atoms with Crippen molar-refractivity contribution in [3.05, 3.63) is 15.6 Å². The monoisotopic (exact) mass is 279 g/mol. The molecule has 0 fully saturated rings. The number of halogens is 3. The van der Waals surface area contributed by atoms with Crippen LogP contribution in [-0.2, 0) is 17.6 Å². The van der Waals surface area contributed by atoms with E-state index >= 15 is 0 Å². The molecule has 0 saturated carbocycles. The number of carbonyl (C=O) groups excluding carboxylic acids is 1. The van der Waals surface area contributed by atoms with Crippen LogP contribution in [-0.4, -0.2) is 30.2 Å². The number of nitrogens with zero attached hydrogens (tertiary/aromatic N) is 1. The summed E-state index contributed by atoms with van der Waals surface area (Å²) in [7, 11) is 0. The Morgan fingerprint density at radius 1 is 1.33 bits per heavy atom. The van der Waals surface area contributed by atoms with E-state index in [2.05, 4.69) is 9.72 Å². The van der Waals surface area contributed by atoms with Crippen molar-refractivity contribution in [2.75, 3.05) is 13.2 Å². The van der Waals surface area contributed by atoms with Crippen LogP contribution in [0.1, 0.15) is 33.2 Å². The van der Waals surface area contributed by atoms with Gasteiger partial charge in [-0.25, -0.2) is 4.98 Å². The van der Waals surface area contributed by atoms with Crippen molar-refractivity contribution < 1.29 is 22.7 Å². The largest absolute Gasteiger partial charge is 0.411 e. The lowest BCUT2D eigenvalue weighted by Crippen LogP contribution is -2.17. The highest BCUT2D eigenvalue weighted by molar-refractivity contribution is 7.13. The molecular formula is C11H12F3NO2S. The molecule has 1 aromatic rings. The number of carbonyl (C=O) groups is 1. The fourth-order valence-corrected chi connectivity index (χ4v) is 2.83. The van der Waals surface area contributed by atoms with Gasteiger partial charge in [-0.15, -0.1) is 11.3 Å². The predicted molar refractivity (Wildman–Crippen MR) is 60.0 cm³/mol. The molecule has 1 aliphatic rings. The number of aryl methyl sites for hydroxylation is 1. The van der Waals surface area contributed by atoms with E-state index in [-0.39, 0.29) is 12.4 Å². The van der Waals surface area contributed by atoms with E-state index in [9.17, 15) is 18.0 Å². The van der Waals surface area contributed by atoms with Crippen molar-refractivity contribution in [1.29, 1.82) is 0 Å². The fourth-order valence-electron chi connectivity index (χ4n) is 1.77. The second-order valence-electron chi connectivity index (χ2n) is 4.08. The van der Waals surface area contributed by atoms with Gasteiger partial charge in [0.2, 0.25) is 0 Å². The number of aromatic nitrogens is 1. The van der Waals surface area contributed by atoms with Crippen LogP contribution >= 0.6 is 11.3 Å². The van der Waals surface area contributed by atoms with Crippen molar-refractivity contribution >= 4 is 17.1 Å². The SMILES string of the molecule is O=C1CCCc2nc(CCOCC(F)(F)F)sc21. The highest BCUT2D eigenvalue weighted by Gasteiger charge is 2.27. The van der Waals surface area contributed by atoms with Crippen LogP contribution in [0.25, 0.3) is 0 Å². The first-order chi connectivity index (χ1) is 8.46. The standard InChI is InChI=1S/C11H12F3NO2S/c12-11(13,14)6-17-5-4-9-15-7-2-1-3-8(16)10(7)18-9/h1-6H2. The number of rotatable bonds is 4. The van der Waals surface area contributed by atoms with Gasteiger partial charge in [0.05, 0.1) is 22.2 Å². The molecule has 0 atom stereocenters. The van der Waals surface area contributed by atoms with Crippen molar-refractivity contribution in [1.82, 2.24) is 4.98 Å². The highest BCUT2D eigenvalue weighted by Crippen LogP contribution is 2.27. The third-order valence-electron chi connectivity index (χ3n) is 2.54. The molecule has 3 nitrogen and oxygen atoms in total. The number of Topliss-reactive ketones (excluding diaryl/α,β-unsaturated/α-hetero) is 1. The van der Waals surface area contributed by atoms with Crippen LogP contribution in [0.5, 0.6) is 0 Å². The van der Waals surface area contributed by atoms with Gasteiger partial charge < -0.3 is 4.74 Å². The van der Waals surface area contributed by atoms with Gasteiger partial charge in [-0.3, -0.25) is 4.79 Å². The van der Waals surface area contributed by atoms with E-state index in [1.165, 1.54) is 11.3 Å². The van der Waals surface area contributed by atoms with Gasteiger partial charge in [0.15, 0.2) is 5.78 Å². The minimum atomic E-state index is -4.29. The van der Waals surface area contributed by atoms with E-state index in [1.807, 2.05) is 0 Å². The average Bonchev–Trinajstić information content (AvgIpc) is 2.68. The smallest absolute Gasteiger partial charge is 0.372 e. The van der Waals surface area contributed by atoms with Gasteiger partial charge in [0.25, 0.3) is 0 Å².